The summed E-state index contributed by atoms with van der Waals surface area (Å²) in [5.74, 6) is -0.123. The molecule has 4 rings (SSSR count). The van der Waals surface area contributed by atoms with Crippen LogP contribution in [0.2, 0.25) is 0 Å². The molecule has 1 unspecified atom stereocenters. The molecule has 0 aromatic heterocycles. The minimum absolute atomic E-state index is 0.0325. The van der Waals surface area contributed by atoms with Crippen molar-refractivity contribution < 1.29 is 32.6 Å². The average molecular weight is 460 g/mol. The lowest BCUT2D eigenvalue weighted by Crippen LogP contribution is -2.32. The number of hydrogen-bond acceptors (Lipinski definition) is 7. The third kappa shape index (κ3) is 4.75. The molecule has 0 radical (unpaired) electrons. The number of aliphatic imine (C=N–C) groups is 1. The molecular weight excluding hydrogens is 442 g/mol. The minimum atomic E-state index is -2.95. The molecule has 0 saturated carbocycles. The van der Waals surface area contributed by atoms with E-state index in [9.17, 15) is 18.4 Å². The van der Waals surface area contributed by atoms with Crippen LogP contribution in [-0.2, 0) is 14.3 Å². The topological polar surface area (TPSA) is 77.4 Å². The maximum atomic E-state index is 13.2. The third-order valence-corrected chi connectivity index (χ3v) is 5.90. The van der Waals surface area contributed by atoms with E-state index in [1.165, 1.54) is 29.2 Å². The van der Waals surface area contributed by atoms with E-state index in [4.69, 9.17) is 9.47 Å². The molecule has 2 aliphatic heterocycles. The fraction of sp³-hybridized carbons (Fsp3) is 0.227. The second-order valence-electron chi connectivity index (χ2n) is 6.77. The van der Waals surface area contributed by atoms with Crippen molar-refractivity contribution in [1.82, 2.24) is 0 Å². The van der Waals surface area contributed by atoms with Gasteiger partial charge in [-0.15, -0.1) is 0 Å². The van der Waals surface area contributed by atoms with Crippen molar-refractivity contribution in [2.75, 3.05) is 18.6 Å². The summed E-state index contributed by atoms with van der Waals surface area (Å²) in [6.45, 7) is -2.64. The summed E-state index contributed by atoms with van der Waals surface area (Å²) in [6, 6.07) is 12.7. The summed E-state index contributed by atoms with van der Waals surface area (Å²) in [5, 5.41) is -0.174. The molecule has 1 fully saturated rings. The van der Waals surface area contributed by atoms with Gasteiger partial charge in [0.05, 0.1) is 19.4 Å². The van der Waals surface area contributed by atoms with Gasteiger partial charge in [0.15, 0.2) is 5.17 Å². The number of rotatable bonds is 6. The van der Waals surface area contributed by atoms with Gasteiger partial charge in [0, 0.05) is 6.42 Å². The van der Waals surface area contributed by atoms with Crippen molar-refractivity contribution in [2.24, 2.45) is 4.99 Å². The van der Waals surface area contributed by atoms with Gasteiger partial charge in [-0.2, -0.15) is 8.78 Å². The summed E-state index contributed by atoms with van der Waals surface area (Å²) < 4.78 is 39.4. The Morgan fingerprint density at radius 1 is 1.12 bits per heavy atom. The maximum absolute atomic E-state index is 13.2. The first-order valence-corrected chi connectivity index (χ1v) is 10.5. The first kappa shape index (κ1) is 21.8. The van der Waals surface area contributed by atoms with E-state index in [0.717, 1.165) is 17.3 Å². The highest BCUT2D eigenvalue weighted by molar-refractivity contribution is 8.15. The van der Waals surface area contributed by atoms with Gasteiger partial charge in [0.25, 0.3) is 5.91 Å². The number of benzene rings is 2. The molecule has 2 aromatic carbocycles. The second kappa shape index (κ2) is 9.39. The number of amides is 1. The lowest BCUT2D eigenvalue weighted by Gasteiger charge is -2.19. The minimum Gasteiger partial charge on any atom is -0.497 e. The molecule has 2 heterocycles. The van der Waals surface area contributed by atoms with Gasteiger partial charge in [-0.05, 0) is 48.0 Å². The smallest absolute Gasteiger partial charge is 0.387 e. The fourth-order valence-electron chi connectivity index (χ4n) is 3.15. The molecule has 1 saturated heterocycles. The fourth-order valence-corrected chi connectivity index (χ4v) is 4.23. The van der Waals surface area contributed by atoms with Gasteiger partial charge in [-0.3, -0.25) is 14.5 Å². The Morgan fingerprint density at radius 3 is 2.41 bits per heavy atom. The second-order valence-corrected chi connectivity index (χ2v) is 7.94. The molecule has 2 aromatic rings. The van der Waals surface area contributed by atoms with E-state index in [1.54, 1.807) is 37.5 Å². The number of amidine groups is 1. The Bertz CT molecular complexity index is 1070. The van der Waals surface area contributed by atoms with E-state index < -0.39 is 17.8 Å². The number of methoxy groups -OCH3 is 1. The number of alkyl halides is 2. The van der Waals surface area contributed by atoms with Crippen molar-refractivity contribution in [2.45, 2.75) is 18.3 Å². The summed E-state index contributed by atoms with van der Waals surface area (Å²) >= 11 is 1.13. The van der Waals surface area contributed by atoms with Crippen LogP contribution in [0.1, 0.15) is 12.0 Å². The molecule has 1 amide bonds. The summed E-state index contributed by atoms with van der Waals surface area (Å²) in [4.78, 5) is 31.0. The van der Waals surface area contributed by atoms with E-state index in [1.807, 2.05) is 0 Å². The zero-order valence-electron chi connectivity index (χ0n) is 16.9. The molecule has 0 aliphatic carbocycles. The van der Waals surface area contributed by atoms with Crippen LogP contribution in [0.5, 0.6) is 11.5 Å². The summed E-state index contributed by atoms with van der Waals surface area (Å²) in [6.07, 6.45) is 2.13. The predicted molar refractivity (Wildman–Crippen MR) is 116 cm³/mol. The van der Waals surface area contributed by atoms with Crippen LogP contribution < -0.4 is 14.4 Å². The van der Waals surface area contributed by atoms with Crippen LogP contribution in [0, 0.1) is 0 Å². The Labute approximate surface area is 186 Å². The number of anilines is 1. The monoisotopic (exact) mass is 460 g/mol. The van der Waals surface area contributed by atoms with Gasteiger partial charge < -0.3 is 14.2 Å². The molecule has 0 spiro atoms. The van der Waals surface area contributed by atoms with Crippen LogP contribution in [0.25, 0.3) is 6.08 Å². The first-order chi connectivity index (χ1) is 15.4. The Hall–Kier alpha value is -3.40. The van der Waals surface area contributed by atoms with Gasteiger partial charge >= 0.3 is 12.6 Å². The number of thioether (sulfide) groups is 1. The average Bonchev–Trinajstić information content (AvgIpc) is 3.32. The number of halogens is 2. The van der Waals surface area contributed by atoms with E-state index in [0.29, 0.717) is 29.6 Å². The molecule has 166 valence electrons. The highest BCUT2D eigenvalue weighted by Crippen LogP contribution is 2.34. The van der Waals surface area contributed by atoms with Crippen molar-refractivity contribution in [3.05, 3.63) is 59.8 Å². The Balaban J connectivity index is 1.65. The van der Waals surface area contributed by atoms with Crippen molar-refractivity contribution in [1.29, 1.82) is 0 Å². The molecule has 1 atom stereocenters. The highest BCUT2D eigenvalue weighted by atomic mass is 32.2. The van der Waals surface area contributed by atoms with E-state index in [-0.39, 0.29) is 17.4 Å². The zero-order chi connectivity index (χ0) is 22.7. The summed E-state index contributed by atoms with van der Waals surface area (Å²) in [5.41, 5.74) is 1.33. The zero-order valence-corrected chi connectivity index (χ0v) is 17.7. The van der Waals surface area contributed by atoms with Crippen LogP contribution in [0.4, 0.5) is 14.5 Å². The molecule has 2 aliphatic rings. The quantitative estimate of drug-likeness (QED) is 0.478. The summed E-state index contributed by atoms with van der Waals surface area (Å²) in [7, 11) is 1.56. The number of carbonyl (C=O) groups is 2. The molecule has 10 heteroatoms. The largest absolute Gasteiger partial charge is 0.497 e. The van der Waals surface area contributed by atoms with Gasteiger partial charge in [-0.25, -0.2) is 4.99 Å². The van der Waals surface area contributed by atoms with Crippen molar-refractivity contribution >= 4 is 40.6 Å². The molecule has 32 heavy (non-hydrogen) atoms. The van der Waals surface area contributed by atoms with E-state index in [2.05, 4.69) is 9.73 Å². The third-order valence-electron chi connectivity index (χ3n) is 4.70. The lowest BCUT2D eigenvalue weighted by atomic mass is 10.2. The van der Waals surface area contributed by atoms with Crippen LogP contribution in [0.15, 0.2) is 59.2 Å². The number of cyclic esters (lactones) is 1. The van der Waals surface area contributed by atoms with Crippen molar-refractivity contribution in [3.63, 3.8) is 0 Å². The normalized spacial score (nSPS) is 19.5. The molecule has 0 bridgehead atoms. The number of esters is 1. The first-order valence-electron chi connectivity index (χ1n) is 9.61. The SMILES string of the molecule is COc1ccc(/C=C2\N=C(SC3CCOC3=O)N(c3ccc(OC(F)F)cc3)C2=O)cc1. The molecule has 7 nitrogen and oxygen atoms in total. The van der Waals surface area contributed by atoms with Crippen molar-refractivity contribution in [3.8, 4) is 11.5 Å². The number of carbonyl (C=O) groups excluding carboxylic acids is 2. The number of hydrogen-bond donors (Lipinski definition) is 0. The number of ether oxygens (including phenoxy) is 3. The van der Waals surface area contributed by atoms with Gasteiger partial charge in [0.1, 0.15) is 22.4 Å². The number of nitrogens with zero attached hydrogens (tertiary/aromatic N) is 2. The molecular formula is C22H18F2N2O5S. The Kier molecular flexibility index (Phi) is 6.40. The van der Waals surface area contributed by atoms with Crippen LogP contribution in [-0.4, -0.2) is 42.6 Å². The standard InChI is InChI=1S/C22H18F2N2O5S/c1-29-15-6-2-13(3-7-15)12-17-19(27)26(14-4-8-16(9-5-14)31-21(23)24)22(25-17)32-18-10-11-30-20(18)28/h2-9,12,18,21H,10-11H2,1H3/b17-12-. The van der Waals surface area contributed by atoms with Crippen LogP contribution in [0.3, 0.4) is 0 Å². The predicted octanol–water partition coefficient (Wildman–Crippen LogP) is 4.09. The lowest BCUT2D eigenvalue weighted by molar-refractivity contribution is -0.137. The van der Waals surface area contributed by atoms with Crippen LogP contribution >= 0.6 is 11.8 Å². The van der Waals surface area contributed by atoms with Gasteiger partial charge in [-0.1, -0.05) is 23.9 Å². The van der Waals surface area contributed by atoms with Gasteiger partial charge in [0.2, 0.25) is 0 Å². The molecule has 0 N–H and O–H groups in total. The Morgan fingerprint density at radius 2 is 1.81 bits per heavy atom. The van der Waals surface area contributed by atoms with E-state index >= 15 is 0 Å². The highest BCUT2D eigenvalue weighted by Gasteiger charge is 2.37. The maximum Gasteiger partial charge on any atom is 0.387 e.